The molecule has 0 bridgehead atoms. The quantitative estimate of drug-likeness (QED) is 0.472. The van der Waals surface area contributed by atoms with E-state index in [9.17, 15) is 12.8 Å². The predicted octanol–water partition coefficient (Wildman–Crippen LogP) is 3.76. The van der Waals surface area contributed by atoms with Crippen LogP contribution in [0.25, 0.3) is 16.9 Å². The summed E-state index contributed by atoms with van der Waals surface area (Å²) in [5, 5.41) is 14.5. The fourth-order valence-electron chi connectivity index (χ4n) is 3.83. The molecule has 7 nitrogen and oxygen atoms in total. The maximum absolute atomic E-state index is 13.3. The maximum atomic E-state index is 13.3. The molecule has 166 valence electrons. The summed E-state index contributed by atoms with van der Waals surface area (Å²) < 4.78 is 38.2. The molecule has 0 radical (unpaired) electrons. The highest BCUT2D eigenvalue weighted by atomic mass is 32.2. The molecule has 0 saturated carbocycles. The molecule has 4 aromatic rings. The molecule has 0 aliphatic carbocycles. The van der Waals surface area contributed by atoms with Gasteiger partial charge in [-0.15, -0.1) is 0 Å². The van der Waals surface area contributed by atoms with Gasteiger partial charge in [0.25, 0.3) is 0 Å². The molecule has 0 fully saturated rings. The Balaban J connectivity index is 1.50. The average Bonchev–Trinajstić information content (AvgIpc) is 3.47. The molecule has 33 heavy (non-hydrogen) atoms. The fourth-order valence-corrected chi connectivity index (χ4v) is 4.34. The Hall–Kier alpha value is -3.82. The number of aromatic nitrogens is 2. The van der Waals surface area contributed by atoms with Gasteiger partial charge in [0.05, 0.1) is 28.0 Å². The molecule has 0 spiro atoms. The molecule has 0 saturated heterocycles. The van der Waals surface area contributed by atoms with E-state index in [0.29, 0.717) is 12.1 Å². The first kappa shape index (κ1) is 21.0. The molecule has 1 aliphatic rings. The van der Waals surface area contributed by atoms with Crippen LogP contribution in [0, 0.1) is 5.82 Å². The summed E-state index contributed by atoms with van der Waals surface area (Å²) in [5.41, 5.74) is 8.26. The van der Waals surface area contributed by atoms with Crippen LogP contribution in [-0.4, -0.2) is 23.9 Å². The SMILES string of the molecule is NS(=O)(=O)c1ccc(-n2cc(C3CC(c4ccc(F)cc4)=NN3)c(-c3ccccc3)n2)cc1. The van der Waals surface area contributed by atoms with Crippen molar-refractivity contribution < 1.29 is 12.8 Å². The number of sulfonamides is 1. The number of hydrogen-bond donors (Lipinski definition) is 2. The van der Waals surface area contributed by atoms with Crippen molar-refractivity contribution in [2.45, 2.75) is 17.4 Å². The molecular weight excluding hydrogens is 441 g/mol. The monoisotopic (exact) mass is 461 g/mol. The Kier molecular flexibility index (Phi) is 5.27. The molecule has 1 aromatic heterocycles. The Labute approximate surface area is 190 Å². The lowest BCUT2D eigenvalue weighted by Gasteiger charge is -2.10. The Morgan fingerprint density at radius 3 is 2.30 bits per heavy atom. The fraction of sp³-hybridized carbons (Fsp3) is 0.0833. The van der Waals surface area contributed by atoms with Gasteiger partial charge in [0, 0.05) is 23.7 Å². The van der Waals surface area contributed by atoms with E-state index in [4.69, 9.17) is 10.2 Å². The van der Waals surface area contributed by atoms with Crippen molar-refractivity contribution in [3.8, 4) is 16.9 Å². The van der Waals surface area contributed by atoms with E-state index < -0.39 is 10.0 Å². The minimum atomic E-state index is -3.77. The summed E-state index contributed by atoms with van der Waals surface area (Å²) in [6, 6.07) is 22.2. The number of halogens is 1. The van der Waals surface area contributed by atoms with E-state index in [1.807, 2.05) is 36.5 Å². The van der Waals surface area contributed by atoms with Crippen molar-refractivity contribution >= 4 is 15.7 Å². The van der Waals surface area contributed by atoms with Crippen molar-refractivity contribution in [3.05, 3.63) is 102 Å². The minimum absolute atomic E-state index is 0.0386. The standard InChI is InChI=1S/C24H20FN5O2S/c25-18-8-6-16(7-9-18)22-14-23(28-27-22)21-15-30(29-24(21)17-4-2-1-3-5-17)19-10-12-20(13-11-19)33(26,31)32/h1-13,15,23,28H,14H2,(H2,26,31,32). The molecular formula is C24H20FN5O2S. The zero-order chi connectivity index (χ0) is 23.0. The van der Waals surface area contributed by atoms with Gasteiger partial charge in [0.15, 0.2) is 0 Å². The number of nitrogens with zero attached hydrogens (tertiary/aromatic N) is 3. The maximum Gasteiger partial charge on any atom is 0.238 e. The van der Waals surface area contributed by atoms with E-state index in [-0.39, 0.29) is 16.8 Å². The van der Waals surface area contributed by atoms with E-state index >= 15 is 0 Å². The van der Waals surface area contributed by atoms with E-state index in [1.54, 1.807) is 28.9 Å². The van der Waals surface area contributed by atoms with Gasteiger partial charge in [0.2, 0.25) is 10.0 Å². The number of benzene rings is 3. The Morgan fingerprint density at radius 1 is 0.939 bits per heavy atom. The number of hydrogen-bond acceptors (Lipinski definition) is 5. The van der Waals surface area contributed by atoms with Crippen LogP contribution in [0.3, 0.4) is 0 Å². The van der Waals surface area contributed by atoms with Crippen LogP contribution in [0.5, 0.6) is 0 Å². The van der Waals surface area contributed by atoms with E-state index in [2.05, 4.69) is 10.5 Å². The number of nitrogens with two attached hydrogens (primary N) is 1. The summed E-state index contributed by atoms with van der Waals surface area (Å²) in [5.74, 6) is -0.289. The van der Waals surface area contributed by atoms with E-state index in [1.165, 1.54) is 24.3 Å². The first-order valence-corrected chi connectivity index (χ1v) is 11.8. The molecule has 3 N–H and O–H groups in total. The molecule has 5 rings (SSSR count). The lowest BCUT2D eigenvalue weighted by molar-refractivity contribution is 0.597. The molecule has 9 heteroatoms. The van der Waals surface area contributed by atoms with Crippen LogP contribution >= 0.6 is 0 Å². The highest BCUT2D eigenvalue weighted by Gasteiger charge is 2.26. The molecule has 1 aliphatic heterocycles. The van der Waals surface area contributed by atoms with Crippen LogP contribution in [0.1, 0.15) is 23.6 Å². The van der Waals surface area contributed by atoms with Crippen molar-refractivity contribution in [2.24, 2.45) is 10.2 Å². The van der Waals surface area contributed by atoms with Crippen LogP contribution < -0.4 is 10.6 Å². The molecule has 1 atom stereocenters. The van der Waals surface area contributed by atoms with Gasteiger partial charge in [-0.05, 0) is 42.0 Å². The largest absolute Gasteiger partial charge is 0.302 e. The van der Waals surface area contributed by atoms with Gasteiger partial charge >= 0.3 is 0 Å². The Bertz CT molecular complexity index is 1430. The van der Waals surface area contributed by atoms with Crippen molar-refractivity contribution in [1.82, 2.24) is 15.2 Å². The molecule has 3 aromatic carbocycles. The third-order valence-corrected chi connectivity index (χ3v) is 6.45. The second-order valence-corrected chi connectivity index (χ2v) is 9.30. The van der Waals surface area contributed by atoms with Crippen LogP contribution in [0.2, 0.25) is 0 Å². The van der Waals surface area contributed by atoms with Crippen molar-refractivity contribution in [3.63, 3.8) is 0 Å². The van der Waals surface area contributed by atoms with Crippen LogP contribution in [0.15, 0.2) is 95.1 Å². The summed E-state index contributed by atoms with van der Waals surface area (Å²) in [6.07, 6.45) is 2.52. The normalized spacial score (nSPS) is 15.8. The van der Waals surface area contributed by atoms with E-state index in [0.717, 1.165) is 28.1 Å². The first-order chi connectivity index (χ1) is 15.9. The highest BCUT2D eigenvalue weighted by molar-refractivity contribution is 7.89. The minimum Gasteiger partial charge on any atom is -0.302 e. The van der Waals surface area contributed by atoms with Crippen LogP contribution in [0.4, 0.5) is 4.39 Å². The zero-order valence-corrected chi connectivity index (χ0v) is 18.2. The third kappa shape index (κ3) is 4.28. The van der Waals surface area contributed by atoms with Gasteiger partial charge < -0.3 is 5.43 Å². The van der Waals surface area contributed by atoms with Gasteiger partial charge in [-0.2, -0.15) is 10.2 Å². The molecule has 0 amide bonds. The lowest BCUT2D eigenvalue weighted by atomic mass is 9.97. The number of primary sulfonamides is 1. The summed E-state index contributed by atoms with van der Waals surface area (Å²) in [6.45, 7) is 0. The van der Waals surface area contributed by atoms with Gasteiger partial charge in [-0.25, -0.2) is 22.6 Å². The number of rotatable bonds is 5. The third-order valence-electron chi connectivity index (χ3n) is 5.53. The van der Waals surface area contributed by atoms with Crippen LogP contribution in [-0.2, 0) is 10.0 Å². The first-order valence-electron chi connectivity index (χ1n) is 10.2. The van der Waals surface area contributed by atoms with Gasteiger partial charge in [-0.3, -0.25) is 0 Å². The molecule has 1 unspecified atom stereocenters. The average molecular weight is 462 g/mol. The summed E-state index contributed by atoms with van der Waals surface area (Å²) in [4.78, 5) is 0.0386. The summed E-state index contributed by atoms with van der Waals surface area (Å²) >= 11 is 0. The highest BCUT2D eigenvalue weighted by Crippen LogP contribution is 2.33. The number of nitrogens with one attached hydrogen (secondary N) is 1. The topological polar surface area (TPSA) is 102 Å². The van der Waals surface area contributed by atoms with Crippen molar-refractivity contribution in [1.29, 1.82) is 0 Å². The second-order valence-electron chi connectivity index (χ2n) is 7.73. The second kappa shape index (κ2) is 8.27. The number of hydrazone groups is 1. The van der Waals surface area contributed by atoms with Crippen molar-refractivity contribution in [2.75, 3.05) is 0 Å². The predicted molar refractivity (Wildman–Crippen MR) is 124 cm³/mol. The molecule has 2 heterocycles. The smallest absolute Gasteiger partial charge is 0.238 e. The lowest BCUT2D eigenvalue weighted by Crippen LogP contribution is -2.12. The van der Waals surface area contributed by atoms with Gasteiger partial charge in [-0.1, -0.05) is 42.5 Å². The Morgan fingerprint density at radius 2 is 1.64 bits per heavy atom. The summed E-state index contributed by atoms with van der Waals surface area (Å²) in [7, 11) is -3.77. The van der Waals surface area contributed by atoms with Gasteiger partial charge in [0.1, 0.15) is 5.82 Å². The zero-order valence-electron chi connectivity index (χ0n) is 17.4.